The van der Waals surface area contributed by atoms with Gasteiger partial charge < -0.3 is 9.84 Å². The van der Waals surface area contributed by atoms with Crippen molar-refractivity contribution in [2.24, 2.45) is 17.8 Å². The SMILES string of the molecule is COc1cc(C2C3=CCC4C(=O)N(c5ccc(I)cc5)C(=O)C4C3CC3(Cl)C(=O)N(CBr)C(=O)C23Cl)cc(Cl)c1O. The molecule has 0 aromatic heterocycles. The first-order chi connectivity index (χ1) is 19.4. The third-order valence-electron chi connectivity index (χ3n) is 8.70. The molecule has 2 aliphatic heterocycles. The molecule has 4 amide bonds. The number of carbonyl (C=O) groups is 4. The van der Waals surface area contributed by atoms with Crippen LogP contribution in [-0.4, -0.2) is 55.9 Å². The van der Waals surface area contributed by atoms with E-state index in [0.717, 1.165) is 8.47 Å². The number of ether oxygens (including phenoxy) is 1. The van der Waals surface area contributed by atoms with Crippen LogP contribution in [-0.2, 0) is 19.2 Å². The van der Waals surface area contributed by atoms with E-state index >= 15 is 0 Å². The molecule has 0 bridgehead atoms. The third-order valence-corrected chi connectivity index (χ3v) is 11.6. The number of hydrogen-bond donors (Lipinski definition) is 1. The fraction of sp³-hybridized carbons (Fsp3) is 0.357. The molecular weight excluding hydrogens is 773 g/mol. The molecule has 1 N–H and O–H groups in total. The van der Waals surface area contributed by atoms with Gasteiger partial charge in [0.25, 0.3) is 11.8 Å². The van der Waals surface area contributed by atoms with Gasteiger partial charge in [-0.3, -0.25) is 29.0 Å². The molecule has 6 rings (SSSR count). The number of phenols is 1. The van der Waals surface area contributed by atoms with Crippen molar-refractivity contribution in [3.8, 4) is 11.5 Å². The Morgan fingerprint density at radius 3 is 2.39 bits per heavy atom. The van der Waals surface area contributed by atoms with E-state index < -0.39 is 51.1 Å². The number of halogens is 5. The van der Waals surface area contributed by atoms with Crippen LogP contribution in [0, 0.1) is 21.3 Å². The summed E-state index contributed by atoms with van der Waals surface area (Å²) in [5.74, 6) is -5.57. The molecule has 2 aromatic carbocycles. The zero-order valence-electron chi connectivity index (χ0n) is 21.2. The quantitative estimate of drug-likeness (QED) is 0.143. The Morgan fingerprint density at radius 2 is 1.76 bits per heavy atom. The van der Waals surface area contributed by atoms with Gasteiger partial charge in [0, 0.05) is 9.49 Å². The lowest BCUT2D eigenvalue weighted by molar-refractivity contribution is -0.138. The van der Waals surface area contributed by atoms with Crippen LogP contribution in [0.2, 0.25) is 5.02 Å². The van der Waals surface area contributed by atoms with Gasteiger partial charge in [-0.25, -0.2) is 0 Å². The molecule has 2 aromatic rings. The van der Waals surface area contributed by atoms with Gasteiger partial charge in [0.1, 0.15) is 0 Å². The number of hydrogen-bond acceptors (Lipinski definition) is 6. The van der Waals surface area contributed by atoms with E-state index in [1.807, 2.05) is 18.2 Å². The number of allylic oxidation sites excluding steroid dienone is 2. The summed E-state index contributed by atoms with van der Waals surface area (Å²) in [6, 6.07) is 10.0. The van der Waals surface area contributed by atoms with Crippen molar-refractivity contribution < 1.29 is 29.0 Å². The molecular formula is C28H21BrCl3IN2O6. The van der Waals surface area contributed by atoms with Crippen molar-refractivity contribution >= 4 is 103 Å². The summed E-state index contributed by atoms with van der Waals surface area (Å²) in [5.41, 5.74) is 1.32. The van der Waals surface area contributed by atoms with Crippen LogP contribution in [0.1, 0.15) is 24.3 Å². The lowest BCUT2D eigenvalue weighted by Gasteiger charge is -2.50. The van der Waals surface area contributed by atoms with Crippen LogP contribution in [0.3, 0.4) is 0 Å². The number of amides is 4. The first kappa shape index (κ1) is 29.2. The van der Waals surface area contributed by atoms with Gasteiger partial charge in [-0.05, 0) is 83.3 Å². The standard InChI is InChI=1S/C28H21BrCl3IN2O6/c1-41-19-9-12(8-18(30)22(19)36)21-15-6-7-16-20(24(38)35(23(16)37)14-4-2-13(33)3-5-14)17(15)10-27(31)25(39)34(11-29)26(40)28(21,27)32/h2-6,8-9,16-17,20-21,36H,7,10-11H2,1H3. The number of fused-ring (bicyclic) bond motifs is 4. The Labute approximate surface area is 272 Å². The molecule has 4 aliphatic rings. The molecule has 41 heavy (non-hydrogen) atoms. The Bertz CT molecular complexity index is 1570. The molecule has 2 saturated heterocycles. The van der Waals surface area contributed by atoms with Gasteiger partial charge in [0.15, 0.2) is 21.2 Å². The normalized spacial score (nSPS) is 32.6. The van der Waals surface area contributed by atoms with Gasteiger partial charge in [0.05, 0.1) is 35.1 Å². The number of aromatic hydroxyl groups is 1. The fourth-order valence-electron chi connectivity index (χ4n) is 6.89. The highest BCUT2D eigenvalue weighted by Gasteiger charge is 2.76. The van der Waals surface area contributed by atoms with E-state index in [4.69, 9.17) is 39.5 Å². The summed E-state index contributed by atoms with van der Waals surface area (Å²) in [5, 5.41) is 10.4. The zero-order chi connectivity index (χ0) is 29.6. The van der Waals surface area contributed by atoms with Crippen molar-refractivity contribution in [2.75, 3.05) is 17.5 Å². The fourth-order valence-corrected chi connectivity index (χ4v) is 8.89. The lowest BCUT2D eigenvalue weighted by atomic mass is 9.56. The minimum Gasteiger partial charge on any atom is -0.503 e. The predicted octanol–water partition coefficient (Wildman–Crippen LogP) is 5.57. The van der Waals surface area contributed by atoms with Crippen molar-refractivity contribution in [3.05, 3.63) is 62.2 Å². The summed E-state index contributed by atoms with van der Waals surface area (Å²) in [7, 11) is 1.35. The molecule has 13 heteroatoms. The summed E-state index contributed by atoms with van der Waals surface area (Å²) in [4.78, 5) is 53.5. The molecule has 0 spiro atoms. The summed E-state index contributed by atoms with van der Waals surface area (Å²) >= 11 is 26.2. The van der Waals surface area contributed by atoms with Gasteiger partial charge in [0.2, 0.25) is 11.8 Å². The van der Waals surface area contributed by atoms with E-state index in [0.29, 0.717) is 16.8 Å². The first-order valence-electron chi connectivity index (χ1n) is 12.6. The number of alkyl halides is 3. The molecule has 1 saturated carbocycles. The molecule has 3 fully saturated rings. The number of likely N-dealkylation sites (tertiary alicyclic amines) is 1. The first-order valence-corrected chi connectivity index (χ1v) is 15.9. The van der Waals surface area contributed by atoms with Crippen LogP contribution >= 0.6 is 73.3 Å². The van der Waals surface area contributed by atoms with E-state index in [-0.39, 0.29) is 40.7 Å². The molecule has 8 nitrogen and oxygen atoms in total. The molecule has 6 unspecified atom stereocenters. The van der Waals surface area contributed by atoms with E-state index in [1.165, 1.54) is 24.1 Å². The van der Waals surface area contributed by atoms with Crippen molar-refractivity contribution in [2.45, 2.75) is 28.5 Å². The smallest absolute Gasteiger partial charge is 0.254 e. The van der Waals surface area contributed by atoms with Crippen LogP contribution in [0.4, 0.5) is 5.69 Å². The number of methoxy groups -OCH3 is 1. The second-order valence-corrected chi connectivity index (χ2v) is 13.9. The number of benzene rings is 2. The maximum absolute atomic E-state index is 14.0. The van der Waals surface area contributed by atoms with Crippen LogP contribution in [0.5, 0.6) is 11.5 Å². The van der Waals surface area contributed by atoms with Crippen LogP contribution < -0.4 is 9.64 Å². The molecule has 0 radical (unpaired) electrons. The average Bonchev–Trinajstić information content (AvgIpc) is 3.28. The lowest BCUT2D eigenvalue weighted by Crippen LogP contribution is -2.60. The Hall–Kier alpha value is -1.86. The highest BCUT2D eigenvalue weighted by molar-refractivity contribution is 14.1. The van der Waals surface area contributed by atoms with E-state index in [2.05, 4.69) is 38.5 Å². The number of carbonyl (C=O) groups excluding carboxylic acids is 4. The van der Waals surface area contributed by atoms with Crippen molar-refractivity contribution in [1.29, 1.82) is 0 Å². The summed E-state index contributed by atoms with van der Waals surface area (Å²) in [6.45, 7) is 0. The molecule has 2 heterocycles. The van der Waals surface area contributed by atoms with Gasteiger partial charge in [-0.15, -0.1) is 23.2 Å². The number of anilines is 1. The second kappa shape index (κ2) is 10.1. The maximum atomic E-state index is 14.0. The number of imide groups is 2. The largest absolute Gasteiger partial charge is 0.503 e. The molecule has 6 atom stereocenters. The highest BCUT2D eigenvalue weighted by atomic mass is 127. The van der Waals surface area contributed by atoms with Gasteiger partial charge in [-0.1, -0.05) is 39.2 Å². The van der Waals surface area contributed by atoms with E-state index in [1.54, 1.807) is 12.1 Å². The van der Waals surface area contributed by atoms with Crippen molar-refractivity contribution in [1.82, 2.24) is 4.90 Å². The monoisotopic (exact) mass is 792 g/mol. The minimum atomic E-state index is -1.98. The molecule has 214 valence electrons. The summed E-state index contributed by atoms with van der Waals surface area (Å²) in [6.07, 6.45) is 1.94. The van der Waals surface area contributed by atoms with Crippen molar-refractivity contribution in [3.63, 3.8) is 0 Å². The van der Waals surface area contributed by atoms with Crippen LogP contribution in [0.15, 0.2) is 48.0 Å². The van der Waals surface area contributed by atoms with Crippen LogP contribution in [0.25, 0.3) is 0 Å². The average molecular weight is 795 g/mol. The predicted molar refractivity (Wildman–Crippen MR) is 165 cm³/mol. The zero-order valence-corrected chi connectivity index (χ0v) is 27.3. The number of rotatable bonds is 4. The minimum absolute atomic E-state index is 0.0375. The van der Waals surface area contributed by atoms with E-state index in [9.17, 15) is 24.3 Å². The Kier molecular flexibility index (Phi) is 7.21. The second-order valence-electron chi connectivity index (χ2n) is 10.5. The van der Waals surface area contributed by atoms with Gasteiger partial charge >= 0.3 is 0 Å². The topological polar surface area (TPSA) is 104 Å². The number of phenolic OH excluding ortho intramolecular Hbond substituents is 1. The van der Waals surface area contributed by atoms with Gasteiger partial charge in [-0.2, -0.15) is 0 Å². The Morgan fingerprint density at radius 1 is 1.07 bits per heavy atom. The maximum Gasteiger partial charge on any atom is 0.254 e. The number of nitrogens with zero attached hydrogens (tertiary/aromatic N) is 2. The molecule has 2 aliphatic carbocycles. The Balaban J connectivity index is 1.54. The third kappa shape index (κ3) is 3.89. The summed E-state index contributed by atoms with van der Waals surface area (Å²) < 4.78 is 6.27. The highest BCUT2D eigenvalue weighted by Crippen LogP contribution is 2.66.